The van der Waals surface area contributed by atoms with Gasteiger partial charge in [0.1, 0.15) is 12.4 Å². The van der Waals surface area contributed by atoms with Crippen LogP contribution in [0.1, 0.15) is 40.1 Å². The number of hydrogen-bond acceptors (Lipinski definition) is 4. The van der Waals surface area contributed by atoms with Gasteiger partial charge in [-0.2, -0.15) is 0 Å². The number of carbonyl (C=O) groups excluding carboxylic acids is 2. The lowest BCUT2D eigenvalue weighted by atomic mass is 10.0. The van der Waals surface area contributed by atoms with E-state index in [-0.39, 0.29) is 11.7 Å². The normalized spacial score (nSPS) is 11.9. The summed E-state index contributed by atoms with van der Waals surface area (Å²) in [5.74, 6) is 0.319. The molecular formula is C26H26N2O3. The van der Waals surface area contributed by atoms with Crippen LogP contribution in [-0.2, 0) is 0 Å². The third-order valence-corrected chi connectivity index (χ3v) is 5.68. The summed E-state index contributed by atoms with van der Waals surface area (Å²) in [6.07, 6.45) is 0. The first-order chi connectivity index (χ1) is 15.1. The minimum atomic E-state index is -0.272. The Hall–Kier alpha value is -3.44. The SMILES string of the molecule is CCN(CC)CCOc1ccccc1NC(=O)c1ccc2c(c1)C(=O)c1ccccc1-2. The van der Waals surface area contributed by atoms with E-state index < -0.39 is 0 Å². The van der Waals surface area contributed by atoms with Crippen LogP contribution < -0.4 is 10.1 Å². The number of para-hydroxylation sites is 2. The molecule has 5 heteroatoms. The first kappa shape index (κ1) is 20.8. The lowest BCUT2D eigenvalue weighted by Crippen LogP contribution is -2.28. The van der Waals surface area contributed by atoms with Gasteiger partial charge in [-0.3, -0.25) is 9.59 Å². The highest BCUT2D eigenvalue weighted by Gasteiger charge is 2.27. The molecule has 0 aliphatic heterocycles. The Morgan fingerprint density at radius 2 is 1.55 bits per heavy atom. The zero-order chi connectivity index (χ0) is 21.8. The van der Waals surface area contributed by atoms with E-state index >= 15 is 0 Å². The molecule has 0 aromatic heterocycles. The fourth-order valence-corrected chi connectivity index (χ4v) is 3.88. The number of ketones is 1. The van der Waals surface area contributed by atoms with E-state index in [0.717, 1.165) is 30.8 Å². The van der Waals surface area contributed by atoms with Crippen LogP contribution in [0.3, 0.4) is 0 Å². The van der Waals surface area contributed by atoms with Gasteiger partial charge >= 0.3 is 0 Å². The Labute approximate surface area is 182 Å². The average molecular weight is 415 g/mol. The average Bonchev–Trinajstić information content (AvgIpc) is 3.09. The van der Waals surface area contributed by atoms with Gasteiger partial charge in [0.25, 0.3) is 5.91 Å². The quantitative estimate of drug-likeness (QED) is 0.447. The highest BCUT2D eigenvalue weighted by Crippen LogP contribution is 2.37. The summed E-state index contributed by atoms with van der Waals surface area (Å²) in [6.45, 7) is 7.55. The maximum absolute atomic E-state index is 12.9. The fourth-order valence-electron chi connectivity index (χ4n) is 3.88. The zero-order valence-electron chi connectivity index (χ0n) is 17.9. The van der Waals surface area contributed by atoms with Gasteiger partial charge in [-0.1, -0.05) is 56.3 Å². The second kappa shape index (κ2) is 9.14. The van der Waals surface area contributed by atoms with E-state index in [9.17, 15) is 9.59 Å². The Balaban J connectivity index is 1.49. The Morgan fingerprint density at radius 1 is 0.871 bits per heavy atom. The summed E-state index contributed by atoms with van der Waals surface area (Å²) in [5.41, 5.74) is 4.10. The van der Waals surface area contributed by atoms with Crippen LogP contribution in [0.2, 0.25) is 0 Å². The highest BCUT2D eigenvalue weighted by atomic mass is 16.5. The second-order valence-electron chi connectivity index (χ2n) is 7.46. The monoisotopic (exact) mass is 414 g/mol. The van der Waals surface area contributed by atoms with Crippen molar-refractivity contribution in [2.45, 2.75) is 13.8 Å². The number of likely N-dealkylation sites (N-methyl/N-ethyl adjacent to an activating group) is 1. The van der Waals surface area contributed by atoms with Crippen molar-refractivity contribution in [3.05, 3.63) is 83.4 Å². The number of hydrogen-bond donors (Lipinski definition) is 1. The molecule has 0 bridgehead atoms. The lowest BCUT2D eigenvalue weighted by Gasteiger charge is -2.19. The molecule has 0 heterocycles. The van der Waals surface area contributed by atoms with E-state index in [2.05, 4.69) is 24.1 Å². The van der Waals surface area contributed by atoms with Crippen LogP contribution in [0.15, 0.2) is 66.7 Å². The van der Waals surface area contributed by atoms with Gasteiger partial charge in [-0.15, -0.1) is 0 Å². The van der Waals surface area contributed by atoms with Crippen LogP contribution >= 0.6 is 0 Å². The molecule has 0 radical (unpaired) electrons. The number of nitrogens with zero attached hydrogens (tertiary/aromatic N) is 1. The minimum absolute atomic E-state index is 0.0413. The molecule has 1 aliphatic rings. The Kier molecular flexibility index (Phi) is 6.14. The van der Waals surface area contributed by atoms with Crippen LogP contribution in [0.4, 0.5) is 5.69 Å². The van der Waals surface area contributed by atoms with Crippen molar-refractivity contribution in [3.63, 3.8) is 0 Å². The molecule has 0 unspecified atom stereocenters. The number of ether oxygens (including phenoxy) is 1. The summed E-state index contributed by atoms with van der Waals surface area (Å²) < 4.78 is 5.93. The standard InChI is InChI=1S/C26H26N2O3/c1-3-28(4-2)15-16-31-24-12-8-7-11-23(24)27-26(30)18-13-14-20-19-9-5-6-10-21(19)25(29)22(20)17-18/h5-14,17H,3-4,15-16H2,1-2H3,(H,27,30). The maximum atomic E-state index is 12.9. The number of benzene rings is 3. The van der Waals surface area contributed by atoms with E-state index in [1.807, 2.05) is 54.6 Å². The molecule has 158 valence electrons. The molecule has 3 aromatic carbocycles. The molecular weight excluding hydrogens is 388 g/mol. The predicted molar refractivity (Wildman–Crippen MR) is 123 cm³/mol. The second-order valence-corrected chi connectivity index (χ2v) is 7.46. The van der Waals surface area contributed by atoms with Crippen LogP contribution in [0.5, 0.6) is 5.75 Å². The van der Waals surface area contributed by atoms with E-state index in [0.29, 0.717) is 34.7 Å². The van der Waals surface area contributed by atoms with Crippen molar-refractivity contribution in [2.24, 2.45) is 0 Å². The molecule has 0 atom stereocenters. The molecule has 31 heavy (non-hydrogen) atoms. The van der Waals surface area contributed by atoms with Crippen molar-refractivity contribution >= 4 is 17.4 Å². The number of carbonyl (C=O) groups is 2. The van der Waals surface area contributed by atoms with E-state index in [4.69, 9.17) is 4.74 Å². The topological polar surface area (TPSA) is 58.6 Å². The molecule has 0 fully saturated rings. The van der Waals surface area contributed by atoms with Crippen molar-refractivity contribution in [2.75, 3.05) is 31.6 Å². The summed E-state index contributed by atoms with van der Waals surface area (Å²) in [4.78, 5) is 28.0. The van der Waals surface area contributed by atoms with Crippen molar-refractivity contribution < 1.29 is 14.3 Å². The third kappa shape index (κ3) is 4.23. The smallest absolute Gasteiger partial charge is 0.255 e. The molecule has 0 saturated carbocycles. The van der Waals surface area contributed by atoms with Gasteiger partial charge in [0.2, 0.25) is 0 Å². The van der Waals surface area contributed by atoms with E-state index in [1.165, 1.54) is 0 Å². The number of amides is 1. The Morgan fingerprint density at radius 3 is 2.32 bits per heavy atom. The summed E-state index contributed by atoms with van der Waals surface area (Å²) in [6, 6.07) is 20.2. The van der Waals surface area contributed by atoms with Crippen LogP contribution in [0.25, 0.3) is 11.1 Å². The molecule has 0 spiro atoms. The number of anilines is 1. The number of nitrogens with one attached hydrogen (secondary N) is 1. The van der Waals surface area contributed by atoms with Gasteiger partial charge < -0.3 is 15.0 Å². The molecule has 0 saturated heterocycles. The Bertz CT molecular complexity index is 1120. The lowest BCUT2D eigenvalue weighted by molar-refractivity contribution is 0.102. The zero-order valence-corrected chi connectivity index (χ0v) is 17.9. The predicted octanol–water partition coefficient (Wildman–Crippen LogP) is 4.87. The van der Waals surface area contributed by atoms with Crippen molar-refractivity contribution in [3.8, 4) is 16.9 Å². The molecule has 4 rings (SSSR count). The summed E-state index contributed by atoms with van der Waals surface area (Å²) in [5, 5.41) is 2.93. The first-order valence-electron chi connectivity index (χ1n) is 10.7. The molecule has 1 N–H and O–H groups in total. The minimum Gasteiger partial charge on any atom is -0.490 e. The maximum Gasteiger partial charge on any atom is 0.255 e. The van der Waals surface area contributed by atoms with Crippen molar-refractivity contribution in [1.82, 2.24) is 4.90 Å². The highest BCUT2D eigenvalue weighted by molar-refractivity contribution is 6.22. The van der Waals surface area contributed by atoms with Gasteiger partial charge in [0.15, 0.2) is 5.78 Å². The summed E-state index contributed by atoms with van der Waals surface area (Å²) >= 11 is 0. The van der Waals surface area contributed by atoms with Gasteiger partial charge in [-0.05, 0) is 48.5 Å². The van der Waals surface area contributed by atoms with Crippen molar-refractivity contribution in [1.29, 1.82) is 0 Å². The van der Waals surface area contributed by atoms with Crippen LogP contribution in [-0.4, -0.2) is 42.8 Å². The van der Waals surface area contributed by atoms with Crippen LogP contribution in [0, 0.1) is 0 Å². The molecule has 3 aromatic rings. The molecule has 5 nitrogen and oxygen atoms in total. The first-order valence-corrected chi connectivity index (χ1v) is 10.7. The number of fused-ring (bicyclic) bond motifs is 3. The molecule has 1 amide bonds. The molecule has 1 aliphatic carbocycles. The van der Waals surface area contributed by atoms with Gasteiger partial charge in [0, 0.05) is 23.2 Å². The summed E-state index contributed by atoms with van der Waals surface area (Å²) in [7, 11) is 0. The van der Waals surface area contributed by atoms with Gasteiger partial charge in [0.05, 0.1) is 5.69 Å². The van der Waals surface area contributed by atoms with E-state index in [1.54, 1.807) is 12.1 Å². The fraction of sp³-hybridized carbons (Fsp3) is 0.231. The number of rotatable bonds is 8. The van der Waals surface area contributed by atoms with Gasteiger partial charge in [-0.25, -0.2) is 0 Å². The third-order valence-electron chi connectivity index (χ3n) is 5.68. The largest absolute Gasteiger partial charge is 0.490 e.